The van der Waals surface area contributed by atoms with E-state index in [2.05, 4.69) is 15.6 Å². The number of halogens is 1. The van der Waals surface area contributed by atoms with E-state index in [1.54, 1.807) is 18.2 Å². The third-order valence-electron chi connectivity index (χ3n) is 3.00. The Hall–Kier alpha value is -2.05. The average Bonchev–Trinajstić information content (AvgIpc) is 2.98. The maximum atomic E-state index is 11.9. The van der Waals surface area contributed by atoms with Crippen molar-refractivity contribution in [1.82, 2.24) is 15.6 Å². The Kier molecular flexibility index (Phi) is 6.20. The van der Waals surface area contributed by atoms with Gasteiger partial charge >= 0.3 is 0 Å². The molecule has 1 amide bonds. The maximum absolute atomic E-state index is 11.9. The van der Waals surface area contributed by atoms with Crippen molar-refractivity contribution >= 4 is 18.3 Å². The normalized spacial score (nSPS) is 11.5. The average molecular weight is 312 g/mol. The minimum atomic E-state index is -0.437. The van der Waals surface area contributed by atoms with Gasteiger partial charge in [0.05, 0.1) is 12.0 Å². The molecule has 2 rings (SSSR count). The molecule has 0 aliphatic heterocycles. The van der Waals surface area contributed by atoms with Crippen molar-refractivity contribution in [2.75, 3.05) is 13.6 Å². The maximum Gasteiger partial charge on any atom is 0.261 e. The minimum absolute atomic E-state index is 0. The van der Waals surface area contributed by atoms with Crippen molar-refractivity contribution < 1.29 is 9.21 Å². The van der Waals surface area contributed by atoms with Gasteiger partial charge in [-0.3, -0.25) is 9.59 Å². The third kappa shape index (κ3) is 4.21. The van der Waals surface area contributed by atoms with Crippen LogP contribution in [-0.2, 0) is 0 Å². The SMILES string of the molecule is CNC(C)CNC(=O)c1ccc(-c2ccco2)[nH]c1=O.Cl. The fourth-order valence-electron chi connectivity index (χ4n) is 1.67. The second kappa shape index (κ2) is 7.66. The Morgan fingerprint density at radius 3 is 2.71 bits per heavy atom. The van der Waals surface area contributed by atoms with Gasteiger partial charge in [0.2, 0.25) is 0 Å². The van der Waals surface area contributed by atoms with Crippen molar-refractivity contribution in [1.29, 1.82) is 0 Å². The Balaban J connectivity index is 0.00000220. The van der Waals surface area contributed by atoms with Crippen LogP contribution in [-0.4, -0.2) is 30.5 Å². The van der Waals surface area contributed by atoms with Gasteiger partial charge in [0.1, 0.15) is 11.3 Å². The van der Waals surface area contributed by atoms with Crippen LogP contribution in [0.3, 0.4) is 0 Å². The van der Waals surface area contributed by atoms with Gasteiger partial charge in [0.25, 0.3) is 11.5 Å². The molecule has 0 fully saturated rings. The molecule has 1 atom stereocenters. The molecule has 0 saturated carbocycles. The van der Waals surface area contributed by atoms with E-state index in [9.17, 15) is 9.59 Å². The van der Waals surface area contributed by atoms with E-state index in [1.807, 2.05) is 14.0 Å². The highest BCUT2D eigenvalue weighted by molar-refractivity contribution is 5.94. The van der Waals surface area contributed by atoms with Crippen LogP contribution in [0.1, 0.15) is 17.3 Å². The number of amides is 1. The largest absolute Gasteiger partial charge is 0.463 e. The van der Waals surface area contributed by atoms with Gasteiger partial charge in [-0.15, -0.1) is 12.4 Å². The molecule has 0 aromatic carbocycles. The molecule has 2 heterocycles. The van der Waals surface area contributed by atoms with Crippen molar-refractivity contribution in [3.8, 4) is 11.5 Å². The first-order valence-electron chi connectivity index (χ1n) is 6.34. The first-order valence-corrected chi connectivity index (χ1v) is 6.34. The minimum Gasteiger partial charge on any atom is -0.463 e. The van der Waals surface area contributed by atoms with E-state index in [-0.39, 0.29) is 29.9 Å². The summed E-state index contributed by atoms with van der Waals surface area (Å²) in [6.45, 7) is 2.39. The highest BCUT2D eigenvalue weighted by Crippen LogP contribution is 2.15. The number of aromatic amines is 1. The Bertz CT molecular complexity index is 637. The van der Waals surface area contributed by atoms with E-state index in [0.29, 0.717) is 18.0 Å². The van der Waals surface area contributed by atoms with Crippen molar-refractivity contribution in [3.63, 3.8) is 0 Å². The summed E-state index contributed by atoms with van der Waals surface area (Å²) < 4.78 is 5.19. The van der Waals surface area contributed by atoms with Crippen LogP contribution in [0.4, 0.5) is 0 Å². The van der Waals surface area contributed by atoms with E-state index in [1.165, 1.54) is 12.3 Å². The van der Waals surface area contributed by atoms with Crippen molar-refractivity contribution in [2.24, 2.45) is 0 Å². The zero-order valence-corrected chi connectivity index (χ0v) is 12.6. The van der Waals surface area contributed by atoms with Crippen LogP contribution in [0.5, 0.6) is 0 Å². The third-order valence-corrected chi connectivity index (χ3v) is 3.00. The Morgan fingerprint density at radius 1 is 1.38 bits per heavy atom. The summed E-state index contributed by atoms with van der Waals surface area (Å²) >= 11 is 0. The highest BCUT2D eigenvalue weighted by Gasteiger charge is 2.12. The fraction of sp³-hybridized carbons (Fsp3) is 0.286. The first kappa shape index (κ1) is 17.0. The second-order valence-corrected chi connectivity index (χ2v) is 4.49. The van der Waals surface area contributed by atoms with E-state index < -0.39 is 5.56 Å². The standard InChI is InChI=1S/C14H17N3O3.ClH/c1-9(15-2)8-16-13(18)10-5-6-11(17-14(10)19)12-4-3-7-20-12;/h3-7,9,15H,8H2,1-2H3,(H,16,18)(H,17,19);1H. The summed E-state index contributed by atoms with van der Waals surface area (Å²) in [7, 11) is 1.81. The number of carbonyl (C=O) groups is 1. The van der Waals surface area contributed by atoms with Crippen LogP contribution in [0, 0.1) is 0 Å². The van der Waals surface area contributed by atoms with Crippen LogP contribution in [0.15, 0.2) is 39.7 Å². The van der Waals surface area contributed by atoms with E-state index in [4.69, 9.17) is 4.42 Å². The number of furan rings is 1. The lowest BCUT2D eigenvalue weighted by Crippen LogP contribution is -2.38. The molecule has 21 heavy (non-hydrogen) atoms. The molecule has 0 saturated heterocycles. The molecule has 0 bridgehead atoms. The lowest BCUT2D eigenvalue weighted by atomic mass is 10.2. The lowest BCUT2D eigenvalue weighted by molar-refractivity contribution is 0.0949. The number of nitrogens with one attached hydrogen (secondary N) is 3. The summed E-state index contributed by atoms with van der Waals surface area (Å²) in [6.07, 6.45) is 1.52. The molecule has 114 valence electrons. The van der Waals surface area contributed by atoms with Gasteiger partial charge < -0.3 is 20.0 Å². The molecule has 0 aliphatic carbocycles. The van der Waals surface area contributed by atoms with Gasteiger partial charge in [-0.1, -0.05) is 0 Å². The fourth-order valence-corrected chi connectivity index (χ4v) is 1.67. The molecular formula is C14H18ClN3O3. The zero-order chi connectivity index (χ0) is 14.5. The predicted molar refractivity (Wildman–Crippen MR) is 82.9 cm³/mol. The predicted octanol–water partition coefficient (Wildman–Crippen LogP) is 1.39. The summed E-state index contributed by atoms with van der Waals surface area (Å²) in [5, 5.41) is 5.70. The number of pyridine rings is 1. The quantitative estimate of drug-likeness (QED) is 0.779. The van der Waals surface area contributed by atoms with Crippen molar-refractivity contribution in [3.05, 3.63) is 46.4 Å². The van der Waals surface area contributed by atoms with Crippen LogP contribution < -0.4 is 16.2 Å². The summed E-state index contributed by atoms with van der Waals surface area (Å²) in [5.74, 6) is 0.164. The number of likely N-dealkylation sites (N-methyl/N-ethyl adjacent to an activating group) is 1. The summed E-state index contributed by atoms with van der Waals surface area (Å²) in [6, 6.07) is 6.75. The zero-order valence-electron chi connectivity index (χ0n) is 11.8. The molecule has 0 spiro atoms. The first-order chi connectivity index (χ1) is 9.61. The van der Waals surface area contributed by atoms with Gasteiger partial charge in [-0.25, -0.2) is 0 Å². The molecular weight excluding hydrogens is 294 g/mol. The number of hydrogen-bond acceptors (Lipinski definition) is 4. The summed E-state index contributed by atoms with van der Waals surface area (Å²) in [4.78, 5) is 26.5. The lowest BCUT2D eigenvalue weighted by Gasteiger charge is -2.11. The van der Waals surface area contributed by atoms with Gasteiger partial charge in [0.15, 0.2) is 0 Å². The molecule has 2 aromatic rings. The van der Waals surface area contributed by atoms with Gasteiger partial charge in [0, 0.05) is 12.6 Å². The number of H-pyrrole nitrogens is 1. The Labute approximate surface area is 128 Å². The van der Waals surface area contributed by atoms with Gasteiger partial charge in [-0.05, 0) is 38.2 Å². The number of rotatable bonds is 5. The number of carbonyl (C=O) groups excluding carboxylic acids is 1. The molecule has 1 unspecified atom stereocenters. The van der Waals surface area contributed by atoms with E-state index in [0.717, 1.165) is 0 Å². The smallest absolute Gasteiger partial charge is 0.261 e. The highest BCUT2D eigenvalue weighted by atomic mass is 35.5. The summed E-state index contributed by atoms with van der Waals surface area (Å²) in [5.41, 5.74) is 0.192. The van der Waals surface area contributed by atoms with Crippen LogP contribution >= 0.6 is 12.4 Å². The van der Waals surface area contributed by atoms with E-state index >= 15 is 0 Å². The number of aromatic nitrogens is 1. The monoisotopic (exact) mass is 311 g/mol. The molecule has 6 nitrogen and oxygen atoms in total. The topological polar surface area (TPSA) is 87.1 Å². The van der Waals surface area contributed by atoms with Gasteiger partial charge in [-0.2, -0.15) is 0 Å². The molecule has 0 aliphatic rings. The second-order valence-electron chi connectivity index (χ2n) is 4.49. The van der Waals surface area contributed by atoms with Crippen LogP contribution in [0.2, 0.25) is 0 Å². The van der Waals surface area contributed by atoms with Crippen LogP contribution in [0.25, 0.3) is 11.5 Å². The molecule has 0 radical (unpaired) electrons. The van der Waals surface area contributed by atoms with Crippen molar-refractivity contribution in [2.45, 2.75) is 13.0 Å². The Morgan fingerprint density at radius 2 is 2.14 bits per heavy atom. The molecule has 2 aromatic heterocycles. The number of hydrogen-bond donors (Lipinski definition) is 3. The molecule has 7 heteroatoms. The molecule has 3 N–H and O–H groups in total.